The fourth-order valence-electron chi connectivity index (χ4n) is 2.47. The van der Waals surface area contributed by atoms with E-state index in [9.17, 15) is 5.26 Å². The molecule has 0 atom stereocenters. The maximum atomic E-state index is 9.34. The van der Waals surface area contributed by atoms with Gasteiger partial charge in [-0.15, -0.1) is 0 Å². The lowest BCUT2D eigenvalue weighted by Gasteiger charge is -2.28. The summed E-state index contributed by atoms with van der Waals surface area (Å²) in [6.45, 7) is 5.85. The van der Waals surface area contributed by atoms with Crippen LogP contribution in [0.1, 0.15) is 11.1 Å². The van der Waals surface area contributed by atoms with Gasteiger partial charge in [0.15, 0.2) is 0 Å². The Balaban J connectivity index is 2.12. The van der Waals surface area contributed by atoms with Gasteiger partial charge in [0.1, 0.15) is 5.82 Å². The van der Waals surface area contributed by atoms with Crippen LogP contribution < -0.4 is 10.2 Å². The number of aromatic nitrogens is 1. The van der Waals surface area contributed by atoms with Crippen molar-refractivity contribution in [2.24, 2.45) is 0 Å². The highest BCUT2D eigenvalue weighted by Crippen LogP contribution is 2.23. The second kappa shape index (κ2) is 4.87. The smallest absolute Gasteiger partial charge is 0.130 e. The van der Waals surface area contributed by atoms with Crippen molar-refractivity contribution in [3.63, 3.8) is 0 Å². The standard InChI is InChI=1S/C15H16N4/c1-11-2-3-14-13(8-11)12(10-16)9-15(18-14)19-6-4-17-5-7-19/h2-3,8-9,17H,4-7H2,1H3. The number of pyridine rings is 1. The average Bonchev–Trinajstić information content (AvgIpc) is 2.47. The van der Waals surface area contributed by atoms with Gasteiger partial charge < -0.3 is 10.2 Å². The fraction of sp³-hybridized carbons (Fsp3) is 0.333. The summed E-state index contributed by atoms with van der Waals surface area (Å²) < 4.78 is 0. The van der Waals surface area contributed by atoms with Crippen LogP contribution in [0.5, 0.6) is 0 Å². The molecule has 96 valence electrons. The molecule has 1 aliphatic rings. The van der Waals surface area contributed by atoms with Crippen molar-refractivity contribution >= 4 is 16.7 Å². The lowest BCUT2D eigenvalue weighted by Crippen LogP contribution is -2.43. The summed E-state index contributed by atoms with van der Waals surface area (Å²) in [6.07, 6.45) is 0. The van der Waals surface area contributed by atoms with Crippen molar-refractivity contribution < 1.29 is 0 Å². The summed E-state index contributed by atoms with van der Waals surface area (Å²) in [4.78, 5) is 6.93. The predicted octanol–water partition coefficient (Wildman–Crippen LogP) is 1.82. The number of rotatable bonds is 1. The lowest BCUT2D eigenvalue weighted by molar-refractivity contribution is 0.585. The minimum Gasteiger partial charge on any atom is -0.354 e. The van der Waals surface area contributed by atoms with Crippen molar-refractivity contribution in [1.82, 2.24) is 10.3 Å². The Bertz CT molecular complexity index is 651. The third-order valence-corrected chi connectivity index (χ3v) is 3.51. The van der Waals surface area contributed by atoms with Gasteiger partial charge in [-0.05, 0) is 25.1 Å². The largest absolute Gasteiger partial charge is 0.354 e. The molecule has 1 fully saturated rings. The van der Waals surface area contributed by atoms with E-state index in [0.717, 1.165) is 48.5 Å². The molecule has 4 nitrogen and oxygen atoms in total. The zero-order chi connectivity index (χ0) is 13.2. The first kappa shape index (κ1) is 11.9. The maximum Gasteiger partial charge on any atom is 0.130 e. The third-order valence-electron chi connectivity index (χ3n) is 3.51. The van der Waals surface area contributed by atoms with Crippen LogP contribution >= 0.6 is 0 Å². The predicted molar refractivity (Wildman–Crippen MR) is 76.3 cm³/mol. The molecule has 1 aromatic carbocycles. The number of anilines is 1. The highest BCUT2D eigenvalue weighted by molar-refractivity contribution is 5.87. The Morgan fingerprint density at radius 3 is 2.79 bits per heavy atom. The second-order valence-electron chi connectivity index (χ2n) is 4.90. The Morgan fingerprint density at radius 1 is 1.26 bits per heavy atom. The third kappa shape index (κ3) is 2.25. The van der Waals surface area contributed by atoms with Crippen LogP contribution in [0.25, 0.3) is 10.9 Å². The molecular weight excluding hydrogens is 236 g/mol. The fourth-order valence-corrected chi connectivity index (χ4v) is 2.47. The van der Waals surface area contributed by atoms with Crippen LogP contribution in [0.15, 0.2) is 24.3 Å². The normalized spacial score (nSPS) is 15.5. The summed E-state index contributed by atoms with van der Waals surface area (Å²) in [7, 11) is 0. The Morgan fingerprint density at radius 2 is 2.05 bits per heavy atom. The van der Waals surface area contributed by atoms with E-state index in [1.807, 2.05) is 31.2 Å². The highest BCUT2D eigenvalue weighted by atomic mass is 15.2. The summed E-state index contributed by atoms with van der Waals surface area (Å²) in [6, 6.07) is 10.3. The van der Waals surface area contributed by atoms with Crippen molar-refractivity contribution in [3.8, 4) is 6.07 Å². The first-order valence-electron chi connectivity index (χ1n) is 6.55. The van der Waals surface area contributed by atoms with Crippen LogP contribution in [-0.4, -0.2) is 31.2 Å². The topological polar surface area (TPSA) is 52.0 Å². The summed E-state index contributed by atoms with van der Waals surface area (Å²) >= 11 is 0. The molecule has 4 heteroatoms. The Kier molecular flexibility index (Phi) is 3.06. The number of nitrogens with one attached hydrogen (secondary N) is 1. The lowest BCUT2D eigenvalue weighted by atomic mass is 10.1. The van der Waals surface area contributed by atoms with Gasteiger partial charge in [0, 0.05) is 31.6 Å². The highest BCUT2D eigenvalue weighted by Gasteiger charge is 2.14. The maximum absolute atomic E-state index is 9.34. The Labute approximate surface area is 112 Å². The van der Waals surface area contributed by atoms with Gasteiger partial charge in [-0.1, -0.05) is 11.6 Å². The molecular formula is C15H16N4. The van der Waals surface area contributed by atoms with Gasteiger partial charge in [0.05, 0.1) is 17.1 Å². The summed E-state index contributed by atoms with van der Waals surface area (Å²) in [5.74, 6) is 0.911. The van der Waals surface area contributed by atoms with Gasteiger partial charge in [-0.25, -0.2) is 4.98 Å². The number of hydrogen-bond donors (Lipinski definition) is 1. The number of benzene rings is 1. The first-order valence-corrected chi connectivity index (χ1v) is 6.55. The average molecular weight is 252 g/mol. The number of fused-ring (bicyclic) bond motifs is 1. The van der Waals surface area contributed by atoms with E-state index in [1.165, 1.54) is 0 Å². The minimum atomic E-state index is 0.710. The van der Waals surface area contributed by atoms with E-state index in [1.54, 1.807) is 0 Å². The van der Waals surface area contributed by atoms with Crippen LogP contribution in [0.4, 0.5) is 5.82 Å². The summed E-state index contributed by atoms with van der Waals surface area (Å²) in [5.41, 5.74) is 2.76. The zero-order valence-electron chi connectivity index (χ0n) is 11.0. The number of nitriles is 1. The molecule has 19 heavy (non-hydrogen) atoms. The van der Waals surface area contributed by atoms with Gasteiger partial charge in [-0.3, -0.25) is 0 Å². The monoisotopic (exact) mass is 252 g/mol. The molecule has 1 aliphatic heterocycles. The molecule has 1 saturated heterocycles. The van der Waals surface area contributed by atoms with Gasteiger partial charge in [0.2, 0.25) is 0 Å². The van der Waals surface area contributed by atoms with E-state index in [2.05, 4.69) is 16.3 Å². The SMILES string of the molecule is Cc1ccc2nc(N3CCNCC3)cc(C#N)c2c1. The van der Waals surface area contributed by atoms with Crippen molar-refractivity contribution in [2.45, 2.75) is 6.92 Å². The second-order valence-corrected chi connectivity index (χ2v) is 4.90. The molecule has 2 aromatic rings. The molecule has 0 radical (unpaired) electrons. The van der Waals surface area contributed by atoms with E-state index >= 15 is 0 Å². The molecule has 0 saturated carbocycles. The van der Waals surface area contributed by atoms with Crippen molar-refractivity contribution in [1.29, 1.82) is 5.26 Å². The van der Waals surface area contributed by atoms with Crippen LogP contribution in [0.2, 0.25) is 0 Å². The van der Waals surface area contributed by atoms with Crippen LogP contribution in [0.3, 0.4) is 0 Å². The molecule has 0 aliphatic carbocycles. The molecule has 0 unspecified atom stereocenters. The van der Waals surface area contributed by atoms with E-state index in [4.69, 9.17) is 4.98 Å². The first-order chi connectivity index (χ1) is 9.28. The molecule has 0 bridgehead atoms. The van der Waals surface area contributed by atoms with Crippen LogP contribution in [0, 0.1) is 18.3 Å². The molecule has 1 aromatic heterocycles. The number of aryl methyl sites for hydroxylation is 1. The van der Waals surface area contributed by atoms with Crippen LogP contribution in [-0.2, 0) is 0 Å². The molecule has 0 amide bonds. The van der Waals surface area contributed by atoms with Gasteiger partial charge >= 0.3 is 0 Å². The minimum absolute atomic E-state index is 0.710. The van der Waals surface area contributed by atoms with E-state index in [-0.39, 0.29) is 0 Å². The number of hydrogen-bond acceptors (Lipinski definition) is 4. The zero-order valence-corrected chi connectivity index (χ0v) is 11.0. The van der Waals surface area contributed by atoms with Gasteiger partial charge in [-0.2, -0.15) is 5.26 Å². The quantitative estimate of drug-likeness (QED) is 0.841. The molecule has 2 heterocycles. The molecule has 0 spiro atoms. The molecule has 3 rings (SSSR count). The number of piperazine rings is 1. The number of nitrogens with zero attached hydrogens (tertiary/aromatic N) is 3. The van der Waals surface area contributed by atoms with Crippen molar-refractivity contribution in [2.75, 3.05) is 31.1 Å². The Hall–Kier alpha value is -2.12. The summed E-state index contributed by atoms with van der Waals surface area (Å²) in [5, 5.41) is 13.6. The van der Waals surface area contributed by atoms with E-state index < -0.39 is 0 Å². The van der Waals surface area contributed by atoms with Crippen molar-refractivity contribution in [3.05, 3.63) is 35.4 Å². The van der Waals surface area contributed by atoms with E-state index in [0.29, 0.717) is 5.56 Å². The van der Waals surface area contributed by atoms with Gasteiger partial charge in [0.25, 0.3) is 0 Å². The molecule has 1 N–H and O–H groups in total.